The first-order valence-corrected chi connectivity index (χ1v) is 9.64. The molecule has 0 saturated heterocycles. The van der Waals surface area contributed by atoms with E-state index < -0.39 is 11.7 Å². The van der Waals surface area contributed by atoms with E-state index in [9.17, 15) is 14.0 Å². The van der Waals surface area contributed by atoms with Crippen molar-refractivity contribution in [3.8, 4) is 11.4 Å². The second-order valence-electron chi connectivity index (χ2n) is 6.43. The summed E-state index contributed by atoms with van der Waals surface area (Å²) in [5.41, 5.74) is 0.888. The molecule has 1 heterocycles. The van der Waals surface area contributed by atoms with E-state index in [4.69, 9.17) is 4.74 Å². The van der Waals surface area contributed by atoms with Crippen LogP contribution in [0.5, 0.6) is 5.75 Å². The number of para-hydroxylation sites is 1. The van der Waals surface area contributed by atoms with Crippen LogP contribution in [0, 0.1) is 5.82 Å². The van der Waals surface area contributed by atoms with Gasteiger partial charge in [0.05, 0.1) is 0 Å². The Morgan fingerprint density at radius 3 is 2.60 bits per heavy atom. The van der Waals surface area contributed by atoms with Crippen LogP contribution in [0.15, 0.2) is 60.8 Å². The number of nitrogens with one attached hydrogen (secondary N) is 1. The molecule has 0 aliphatic heterocycles. The number of rotatable bonds is 8. The molecule has 1 N–H and O–H groups in total. The van der Waals surface area contributed by atoms with Gasteiger partial charge in [0, 0.05) is 31.0 Å². The van der Waals surface area contributed by atoms with Gasteiger partial charge in [-0.05, 0) is 44.2 Å². The molecule has 1 aromatic heterocycles. The van der Waals surface area contributed by atoms with Crippen molar-refractivity contribution in [3.63, 3.8) is 0 Å². The van der Waals surface area contributed by atoms with Gasteiger partial charge in [-0.15, -0.1) is 0 Å². The first kappa shape index (κ1) is 21.0. The minimum atomic E-state index is -0.443. The highest BCUT2D eigenvalue weighted by atomic mass is 19.1. The van der Waals surface area contributed by atoms with Gasteiger partial charge in [0.15, 0.2) is 12.3 Å². The zero-order valence-corrected chi connectivity index (χ0v) is 16.8. The van der Waals surface area contributed by atoms with E-state index in [0.29, 0.717) is 24.5 Å². The number of nitrogens with zero attached hydrogens (tertiary/aromatic N) is 3. The van der Waals surface area contributed by atoms with E-state index in [0.717, 1.165) is 0 Å². The number of benzene rings is 2. The summed E-state index contributed by atoms with van der Waals surface area (Å²) in [7, 11) is 0. The Morgan fingerprint density at radius 2 is 1.87 bits per heavy atom. The number of carbonyl (C=O) groups excluding carboxylic acids is 2. The number of carbonyl (C=O) groups is 2. The van der Waals surface area contributed by atoms with Crippen LogP contribution in [-0.4, -0.2) is 46.2 Å². The van der Waals surface area contributed by atoms with Crippen LogP contribution in [0.2, 0.25) is 0 Å². The Kier molecular flexibility index (Phi) is 6.79. The van der Waals surface area contributed by atoms with Crippen LogP contribution in [0.25, 0.3) is 5.69 Å². The quantitative estimate of drug-likeness (QED) is 0.617. The molecule has 0 bridgehead atoms. The lowest BCUT2D eigenvalue weighted by atomic mass is 10.3. The zero-order chi connectivity index (χ0) is 21.5. The number of likely N-dealkylation sites (N-methyl/N-ethyl adjacent to an activating group) is 1. The summed E-state index contributed by atoms with van der Waals surface area (Å²) in [6, 6.07) is 14.4. The molecule has 0 aliphatic rings. The molecule has 0 atom stereocenters. The van der Waals surface area contributed by atoms with Gasteiger partial charge < -0.3 is 15.0 Å². The number of hydrogen-bond acceptors (Lipinski definition) is 4. The predicted molar refractivity (Wildman–Crippen MR) is 111 cm³/mol. The first-order valence-electron chi connectivity index (χ1n) is 9.64. The first-order chi connectivity index (χ1) is 14.5. The van der Waals surface area contributed by atoms with Crippen LogP contribution in [0.3, 0.4) is 0 Å². The lowest BCUT2D eigenvalue weighted by molar-refractivity contribution is -0.132. The maximum atomic E-state index is 13.9. The maximum absolute atomic E-state index is 13.9. The monoisotopic (exact) mass is 410 g/mol. The van der Waals surface area contributed by atoms with Crippen molar-refractivity contribution in [1.82, 2.24) is 14.7 Å². The standard InChI is InChI=1S/C22H23FN4O3/c1-3-26(4-2)21(28)15-30-17-9-7-8-16(14-17)24-22(29)19-12-13-27(25-19)20-11-6-5-10-18(20)23/h5-14H,3-4,15H2,1-2H3,(H,24,29). The van der Waals surface area contributed by atoms with Crippen LogP contribution >= 0.6 is 0 Å². The Morgan fingerprint density at radius 1 is 1.10 bits per heavy atom. The van der Waals surface area contributed by atoms with Gasteiger partial charge in [-0.1, -0.05) is 18.2 Å². The lowest BCUT2D eigenvalue weighted by Crippen LogP contribution is -2.34. The van der Waals surface area contributed by atoms with E-state index in [2.05, 4.69) is 10.4 Å². The Hall–Kier alpha value is -3.68. The molecule has 3 aromatic rings. The van der Waals surface area contributed by atoms with Gasteiger partial charge in [-0.3, -0.25) is 9.59 Å². The molecule has 0 radical (unpaired) electrons. The van der Waals surface area contributed by atoms with Gasteiger partial charge >= 0.3 is 0 Å². The summed E-state index contributed by atoms with van der Waals surface area (Å²) >= 11 is 0. The minimum Gasteiger partial charge on any atom is -0.484 e. The van der Waals surface area contributed by atoms with Gasteiger partial charge in [0.25, 0.3) is 11.8 Å². The average molecular weight is 410 g/mol. The van der Waals surface area contributed by atoms with Gasteiger partial charge in [-0.2, -0.15) is 5.10 Å². The molecule has 156 valence electrons. The molecule has 7 nitrogen and oxygen atoms in total. The average Bonchev–Trinajstić information content (AvgIpc) is 3.24. The Bertz CT molecular complexity index is 1030. The van der Waals surface area contributed by atoms with Crippen molar-refractivity contribution in [3.05, 3.63) is 72.3 Å². The largest absolute Gasteiger partial charge is 0.484 e. The second-order valence-corrected chi connectivity index (χ2v) is 6.43. The number of halogens is 1. The molecule has 0 spiro atoms. The third kappa shape index (κ3) is 5.02. The number of amides is 2. The van der Waals surface area contributed by atoms with Gasteiger partial charge in [0.1, 0.15) is 17.3 Å². The Labute approximate surface area is 174 Å². The van der Waals surface area contributed by atoms with Crippen molar-refractivity contribution < 1.29 is 18.7 Å². The Balaban J connectivity index is 1.64. The van der Waals surface area contributed by atoms with Crippen molar-refractivity contribution in [2.45, 2.75) is 13.8 Å². The predicted octanol–water partition coefficient (Wildman–Crippen LogP) is 3.51. The van der Waals surface area contributed by atoms with Crippen molar-refractivity contribution in [2.75, 3.05) is 25.0 Å². The topological polar surface area (TPSA) is 76.5 Å². The maximum Gasteiger partial charge on any atom is 0.276 e. The van der Waals surface area contributed by atoms with Gasteiger partial charge in [0.2, 0.25) is 0 Å². The van der Waals surface area contributed by atoms with E-state index >= 15 is 0 Å². The molecule has 2 amide bonds. The number of anilines is 1. The number of ether oxygens (including phenoxy) is 1. The third-order valence-electron chi connectivity index (χ3n) is 4.49. The highest BCUT2D eigenvalue weighted by Gasteiger charge is 2.13. The second kappa shape index (κ2) is 9.69. The van der Waals surface area contributed by atoms with Crippen LogP contribution < -0.4 is 10.1 Å². The fraction of sp³-hybridized carbons (Fsp3) is 0.227. The zero-order valence-electron chi connectivity index (χ0n) is 16.8. The molecule has 30 heavy (non-hydrogen) atoms. The normalized spacial score (nSPS) is 10.5. The molecule has 0 aliphatic carbocycles. The smallest absolute Gasteiger partial charge is 0.276 e. The SMILES string of the molecule is CCN(CC)C(=O)COc1cccc(NC(=O)c2ccn(-c3ccccc3F)n2)c1. The molecule has 2 aromatic carbocycles. The number of aromatic nitrogens is 2. The highest BCUT2D eigenvalue weighted by molar-refractivity contribution is 6.02. The summed E-state index contributed by atoms with van der Waals surface area (Å²) in [5.74, 6) is -0.517. The molecular weight excluding hydrogens is 387 g/mol. The van der Waals surface area contributed by atoms with Crippen molar-refractivity contribution in [2.24, 2.45) is 0 Å². The fourth-order valence-corrected chi connectivity index (χ4v) is 2.89. The fourth-order valence-electron chi connectivity index (χ4n) is 2.89. The third-order valence-corrected chi connectivity index (χ3v) is 4.49. The van der Waals surface area contributed by atoms with Crippen molar-refractivity contribution in [1.29, 1.82) is 0 Å². The molecule has 3 rings (SSSR count). The van der Waals surface area contributed by atoms with Crippen LogP contribution in [-0.2, 0) is 4.79 Å². The molecule has 8 heteroatoms. The van der Waals surface area contributed by atoms with E-state index in [1.54, 1.807) is 47.4 Å². The van der Waals surface area contributed by atoms with E-state index in [1.165, 1.54) is 23.0 Å². The van der Waals surface area contributed by atoms with Crippen LogP contribution in [0.4, 0.5) is 10.1 Å². The molecule has 0 unspecified atom stereocenters. The van der Waals surface area contributed by atoms with Crippen LogP contribution in [0.1, 0.15) is 24.3 Å². The molecular formula is C22H23FN4O3. The van der Waals surface area contributed by atoms with E-state index in [1.807, 2.05) is 13.8 Å². The van der Waals surface area contributed by atoms with Gasteiger partial charge in [-0.25, -0.2) is 9.07 Å². The summed E-state index contributed by atoms with van der Waals surface area (Å²) in [5, 5.41) is 6.87. The summed E-state index contributed by atoms with van der Waals surface area (Å²) in [6.45, 7) is 4.98. The molecule has 0 fully saturated rings. The van der Waals surface area contributed by atoms with E-state index in [-0.39, 0.29) is 23.9 Å². The summed E-state index contributed by atoms with van der Waals surface area (Å²) in [6.07, 6.45) is 1.52. The summed E-state index contributed by atoms with van der Waals surface area (Å²) < 4.78 is 20.8. The minimum absolute atomic E-state index is 0.0773. The lowest BCUT2D eigenvalue weighted by Gasteiger charge is -2.18. The summed E-state index contributed by atoms with van der Waals surface area (Å²) in [4.78, 5) is 26.2. The number of hydrogen-bond donors (Lipinski definition) is 1. The molecule has 0 saturated carbocycles. The van der Waals surface area contributed by atoms with Crippen molar-refractivity contribution >= 4 is 17.5 Å². The highest BCUT2D eigenvalue weighted by Crippen LogP contribution is 2.19.